The minimum absolute atomic E-state index is 0.0569. The number of amides is 1. The van der Waals surface area contributed by atoms with Crippen molar-refractivity contribution in [2.75, 3.05) is 19.5 Å². The lowest BCUT2D eigenvalue weighted by Gasteiger charge is -2.11. The molecule has 0 atom stereocenters. The topological polar surface area (TPSA) is 47.6 Å². The van der Waals surface area contributed by atoms with Crippen molar-refractivity contribution >= 4 is 11.6 Å². The van der Waals surface area contributed by atoms with Gasteiger partial charge in [-0.25, -0.2) is 0 Å². The van der Waals surface area contributed by atoms with Gasteiger partial charge in [-0.3, -0.25) is 4.79 Å². The molecule has 1 amide bonds. The molecule has 0 aliphatic carbocycles. The van der Waals surface area contributed by atoms with Crippen molar-refractivity contribution in [1.29, 1.82) is 0 Å². The first-order valence-electron chi connectivity index (χ1n) is 7.01. The first kappa shape index (κ1) is 17.7. The van der Waals surface area contributed by atoms with Crippen LogP contribution in [0.1, 0.15) is 11.1 Å². The van der Waals surface area contributed by atoms with E-state index in [1.807, 2.05) is 0 Å². The number of carbonyl (C=O) groups is 1. The monoisotopic (exact) mass is 339 g/mol. The van der Waals surface area contributed by atoms with E-state index in [1.54, 1.807) is 18.2 Å². The molecule has 0 heterocycles. The van der Waals surface area contributed by atoms with Gasteiger partial charge in [-0.1, -0.05) is 6.07 Å². The third-order valence-electron chi connectivity index (χ3n) is 3.31. The van der Waals surface area contributed by atoms with Crippen molar-refractivity contribution in [3.05, 3.63) is 53.6 Å². The summed E-state index contributed by atoms with van der Waals surface area (Å²) in [6.07, 6.45) is -4.34. The molecule has 128 valence electrons. The zero-order chi connectivity index (χ0) is 17.7. The third kappa shape index (κ3) is 4.41. The molecule has 2 aromatic carbocycles. The summed E-state index contributed by atoms with van der Waals surface area (Å²) >= 11 is 0. The number of rotatable bonds is 5. The Kier molecular flexibility index (Phi) is 5.33. The number of nitrogens with one attached hydrogen (secondary N) is 1. The lowest BCUT2D eigenvalue weighted by Crippen LogP contribution is -2.14. The maximum Gasteiger partial charge on any atom is 0.416 e. The molecule has 1 N–H and O–H groups in total. The number of alkyl halides is 3. The summed E-state index contributed by atoms with van der Waals surface area (Å²) in [5, 5.41) is 2.56. The Balaban J connectivity index is 2.03. The van der Waals surface area contributed by atoms with Gasteiger partial charge in [-0.15, -0.1) is 0 Å². The Hall–Kier alpha value is -2.70. The van der Waals surface area contributed by atoms with Crippen molar-refractivity contribution in [2.45, 2.75) is 12.6 Å². The fourth-order valence-corrected chi connectivity index (χ4v) is 2.12. The molecule has 0 aromatic heterocycles. The summed E-state index contributed by atoms with van der Waals surface area (Å²) < 4.78 is 47.8. The number of anilines is 1. The summed E-state index contributed by atoms with van der Waals surface area (Å²) in [5.74, 6) is 0.698. The number of methoxy groups -OCH3 is 2. The van der Waals surface area contributed by atoms with Crippen molar-refractivity contribution in [3.63, 3.8) is 0 Å². The molecule has 0 saturated heterocycles. The molecule has 0 radical (unpaired) electrons. The van der Waals surface area contributed by atoms with Crippen LogP contribution >= 0.6 is 0 Å². The van der Waals surface area contributed by atoms with Gasteiger partial charge in [-0.05, 0) is 42.0 Å². The van der Waals surface area contributed by atoms with E-state index in [2.05, 4.69) is 5.32 Å². The highest BCUT2D eigenvalue weighted by Crippen LogP contribution is 2.30. The second kappa shape index (κ2) is 7.25. The van der Waals surface area contributed by atoms with E-state index in [9.17, 15) is 18.0 Å². The fraction of sp³-hybridized carbons (Fsp3) is 0.235. The molecule has 0 bridgehead atoms. The average molecular weight is 339 g/mol. The zero-order valence-electron chi connectivity index (χ0n) is 13.1. The molecule has 0 aliphatic rings. The molecule has 0 spiro atoms. The minimum atomic E-state index is -4.40. The molecule has 7 heteroatoms. The van der Waals surface area contributed by atoms with Crippen molar-refractivity contribution in [1.82, 2.24) is 0 Å². The Morgan fingerprint density at radius 2 is 1.62 bits per heavy atom. The Morgan fingerprint density at radius 1 is 1.00 bits per heavy atom. The van der Waals surface area contributed by atoms with E-state index in [4.69, 9.17) is 9.47 Å². The fourth-order valence-electron chi connectivity index (χ4n) is 2.12. The number of hydrogen-bond donors (Lipinski definition) is 1. The van der Waals surface area contributed by atoms with E-state index in [0.29, 0.717) is 22.7 Å². The van der Waals surface area contributed by atoms with Crippen LogP contribution in [0, 0.1) is 0 Å². The number of halogens is 3. The lowest BCUT2D eigenvalue weighted by molar-refractivity contribution is -0.137. The highest BCUT2D eigenvalue weighted by molar-refractivity contribution is 5.92. The number of hydrogen-bond acceptors (Lipinski definition) is 3. The van der Waals surface area contributed by atoms with Gasteiger partial charge in [0.15, 0.2) is 11.5 Å². The highest BCUT2D eigenvalue weighted by atomic mass is 19.4. The van der Waals surface area contributed by atoms with Gasteiger partial charge >= 0.3 is 6.18 Å². The van der Waals surface area contributed by atoms with Crippen LogP contribution in [0.4, 0.5) is 18.9 Å². The SMILES string of the molecule is COc1ccc(CC(=O)Nc2ccc(C(F)(F)F)cc2)cc1OC. The minimum Gasteiger partial charge on any atom is -0.493 e. The van der Waals surface area contributed by atoms with Gasteiger partial charge in [0.1, 0.15) is 0 Å². The van der Waals surface area contributed by atoms with Gasteiger partial charge in [0.05, 0.1) is 26.2 Å². The molecule has 2 rings (SSSR count). The average Bonchev–Trinajstić information content (AvgIpc) is 2.54. The van der Waals surface area contributed by atoms with Crippen LogP contribution in [-0.2, 0) is 17.4 Å². The number of benzene rings is 2. The summed E-state index contributed by atoms with van der Waals surface area (Å²) in [6.45, 7) is 0. The van der Waals surface area contributed by atoms with E-state index >= 15 is 0 Å². The zero-order valence-corrected chi connectivity index (χ0v) is 13.1. The van der Waals surface area contributed by atoms with E-state index < -0.39 is 11.7 Å². The maximum atomic E-state index is 12.5. The largest absolute Gasteiger partial charge is 0.493 e. The Bertz CT molecular complexity index is 712. The molecule has 4 nitrogen and oxygen atoms in total. The molecule has 0 unspecified atom stereocenters. The lowest BCUT2D eigenvalue weighted by atomic mass is 10.1. The van der Waals surface area contributed by atoms with Gasteiger partial charge in [0.25, 0.3) is 0 Å². The molecule has 0 saturated carbocycles. The normalized spacial score (nSPS) is 11.0. The van der Waals surface area contributed by atoms with Crippen molar-refractivity contribution < 1.29 is 27.4 Å². The van der Waals surface area contributed by atoms with Crippen LogP contribution in [0.25, 0.3) is 0 Å². The van der Waals surface area contributed by atoms with E-state index in [1.165, 1.54) is 26.4 Å². The van der Waals surface area contributed by atoms with E-state index in [0.717, 1.165) is 12.1 Å². The van der Waals surface area contributed by atoms with Crippen molar-refractivity contribution in [3.8, 4) is 11.5 Å². The molecular formula is C17H16F3NO3. The second-order valence-electron chi connectivity index (χ2n) is 4.99. The van der Waals surface area contributed by atoms with Gasteiger partial charge in [0.2, 0.25) is 5.91 Å². The second-order valence-corrected chi connectivity index (χ2v) is 4.99. The molecule has 2 aromatic rings. The predicted molar refractivity (Wildman–Crippen MR) is 83.3 cm³/mol. The smallest absolute Gasteiger partial charge is 0.416 e. The van der Waals surface area contributed by atoms with Crippen LogP contribution < -0.4 is 14.8 Å². The maximum absolute atomic E-state index is 12.5. The van der Waals surface area contributed by atoms with Crippen LogP contribution in [-0.4, -0.2) is 20.1 Å². The summed E-state index contributed by atoms with van der Waals surface area (Å²) in [7, 11) is 3.00. The predicted octanol–water partition coefficient (Wildman–Crippen LogP) is 3.90. The first-order chi connectivity index (χ1) is 11.3. The van der Waals surface area contributed by atoms with E-state index in [-0.39, 0.29) is 12.3 Å². The summed E-state index contributed by atoms with van der Waals surface area (Å²) in [5.41, 5.74) is 0.228. The summed E-state index contributed by atoms with van der Waals surface area (Å²) in [4.78, 5) is 12.0. The van der Waals surface area contributed by atoms with Gasteiger partial charge in [-0.2, -0.15) is 13.2 Å². The Labute approximate surface area is 137 Å². The number of carbonyl (C=O) groups excluding carboxylic acids is 1. The molecular weight excluding hydrogens is 323 g/mol. The highest BCUT2D eigenvalue weighted by Gasteiger charge is 2.29. The van der Waals surface area contributed by atoms with Crippen molar-refractivity contribution in [2.24, 2.45) is 0 Å². The Morgan fingerprint density at radius 3 is 2.17 bits per heavy atom. The number of ether oxygens (including phenoxy) is 2. The molecule has 0 aliphatic heterocycles. The van der Waals surface area contributed by atoms with Crippen LogP contribution in [0.2, 0.25) is 0 Å². The van der Waals surface area contributed by atoms with Crippen LogP contribution in [0.5, 0.6) is 11.5 Å². The quantitative estimate of drug-likeness (QED) is 0.899. The van der Waals surface area contributed by atoms with Gasteiger partial charge in [0, 0.05) is 5.69 Å². The first-order valence-corrected chi connectivity index (χ1v) is 7.01. The molecule has 24 heavy (non-hydrogen) atoms. The van der Waals surface area contributed by atoms with Gasteiger partial charge < -0.3 is 14.8 Å². The standard InChI is InChI=1S/C17H16F3NO3/c1-23-14-8-3-11(9-15(14)24-2)10-16(22)21-13-6-4-12(5-7-13)17(18,19)20/h3-9H,10H2,1-2H3,(H,21,22). The summed E-state index contributed by atoms with van der Waals surface area (Å²) in [6, 6.07) is 9.35. The third-order valence-corrected chi connectivity index (χ3v) is 3.31. The van der Waals surface area contributed by atoms with Crippen LogP contribution in [0.15, 0.2) is 42.5 Å². The molecule has 0 fully saturated rings. The van der Waals surface area contributed by atoms with Crippen LogP contribution in [0.3, 0.4) is 0 Å².